The molecule has 0 spiro atoms. The number of aromatic nitrogens is 1. The molecule has 9 nitrogen and oxygen atoms in total. The third-order valence-electron chi connectivity index (χ3n) is 3.05. The highest BCUT2D eigenvalue weighted by molar-refractivity contribution is 7.88. The molecule has 0 unspecified atom stereocenters. The summed E-state index contributed by atoms with van der Waals surface area (Å²) in [5.41, 5.74) is -0.00598. The molecule has 11 heteroatoms. The number of hydrogen-bond donors (Lipinski definition) is 2. The van der Waals surface area contributed by atoms with Gasteiger partial charge in [0.25, 0.3) is 15.9 Å². The molecule has 0 aliphatic rings. The predicted molar refractivity (Wildman–Crippen MR) is 84.6 cm³/mol. The van der Waals surface area contributed by atoms with Gasteiger partial charge in [0.2, 0.25) is 5.09 Å². The molecule has 1 amide bonds. The lowest BCUT2D eigenvalue weighted by molar-refractivity contribution is 0.0691. The highest BCUT2D eigenvalue weighted by atomic mass is 32.2. The first-order chi connectivity index (χ1) is 11.1. The van der Waals surface area contributed by atoms with Gasteiger partial charge < -0.3 is 14.8 Å². The number of rotatable bonds is 6. The van der Waals surface area contributed by atoms with E-state index < -0.39 is 21.9 Å². The fourth-order valence-electron chi connectivity index (χ4n) is 1.73. The summed E-state index contributed by atoms with van der Waals surface area (Å²) in [5.74, 6) is -1.52. The molecule has 0 atom stereocenters. The van der Waals surface area contributed by atoms with E-state index in [2.05, 4.69) is 10.3 Å². The summed E-state index contributed by atoms with van der Waals surface area (Å²) in [6, 6.07) is 1.16. The van der Waals surface area contributed by atoms with Crippen LogP contribution in [0.2, 0.25) is 0 Å². The first kappa shape index (κ1) is 18.1. The molecular weight excluding hydrogens is 358 g/mol. The molecule has 24 heavy (non-hydrogen) atoms. The zero-order chi connectivity index (χ0) is 18.1. The standard InChI is InChI=1S/C13H15N3O6S2/c1-7-8(4-11(22-7)24(20,21)16(2)3)12(17)14-5-10-15-9(6-23-10)13(18)19/h4,6H,5H2,1-3H3,(H,14,17)(H,18,19). The molecular formula is C13H15N3O6S2. The molecule has 2 aromatic rings. The van der Waals surface area contributed by atoms with Crippen molar-refractivity contribution in [1.82, 2.24) is 14.6 Å². The van der Waals surface area contributed by atoms with Gasteiger partial charge in [0, 0.05) is 25.5 Å². The lowest BCUT2D eigenvalue weighted by Crippen LogP contribution is -2.23. The number of thiazole rings is 1. The Balaban J connectivity index is 2.13. The van der Waals surface area contributed by atoms with E-state index in [4.69, 9.17) is 9.52 Å². The molecule has 0 aromatic carbocycles. The smallest absolute Gasteiger partial charge is 0.355 e. The van der Waals surface area contributed by atoms with Gasteiger partial charge in [0.1, 0.15) is 10.8 Å². The summed E-state index contributed by atoms with van der Waals surface area (Å²) in [4.78, 5) is 26.8. The van der Waals surface area contributed by atoms with Crippen LogP contribution in [0.25, 0.3) is 0 Å². The van der Waals surface area contributed by atoms with E-state index in [0.717, 1.165) is 21.7 Å². The monoisotopic (exact) mass is 373 g/mol. The van der Waals surface area contributed by atoms with Gasteiger partial charge in [0.15, 0.2) is 5.69 Å². The number of hydrogen-bond acceptors (Lipinski definition) is 7. The number of carbonyl (C=O) groups excluding carboxylic acids is 1. The summed E-state index contributed by atoms with van der Waals surface area (Å²) in [6.45, 7) is 1.51. The number of furan rings is 1. The van der Waals surface area contributed by atoms with Crippen LogP contribution >= 0.6 is 11.3 Å². The molecule has 0 aliphatic heterocycles. The second-order valence-electron chi connectivity index (χ2n) is 4.94. The van der Waals surface area contributed by atoms with Crippen LogP contribution in [0.3, 0.4) is 0 Å². The van der Waals surface area contributed by atoms with Gasteiger partial charge in [0.05, 0.1) is 12.1 Å². The maximum atomic E-state index is 12.2. The zero-order valence-electron chi connectivity index (χ0n) is 13.1. The van der Waals surface area contributed by atoms with Crippen molar-refractivity contribution in [3.8, 4) is 0 Å². The Morgan fingerprint density at radius 3 is 2.62 bits per heavy atom. The van der Waals surface area contributed by atoms with E-state index >= 15 is 0 Å². The quantitative estimate of drug-likeness (QED) is 0.770. The predicted octanol–water partition coefficient (Wildman–Crippen LogP) is 0.923. The lowest BCUT2D eigenvalue weighted by Gasteiger charge is -2.07. The number of nitrogens with one attached hydrogen (secondary N) is 1. The van der Waals surface area contributed by atoms with Crippen LogP contribution in [-0.2, 0) is 16.6 Å². The van der Waals surface area contributed by atoms with Crippen molar-refractivity contribution in [1.29, 1.82) is 0 Å². The maximum Gasteiger partial charge on any atom is 0.355 e. The highest BCUT2D eigenvalue weighted by Gasteiger charge is 2.25. The molecule has 0 bridgehead atoms. The zero-order valence-corrected chi connectivity index (χ0v) is 14.7. The van der Waals surface area contributed by atoms with Gasteiger partial charge in [-0.3, -0.25) is 4.79 Å². The van der Waals surface area contributed by atoms with Crippen molar-refractivity contribution >= 4 is 33.2 Å². The Morgan fingerprint density at radius 2 is 2.08 bits per heavy atom. The summed E-state index contributed by atoms with van der Waals surface area (Å²) in [6.07, 6.45) is 0. The summed E-state index contributed by atoms with van der Waals surface area (Å²) < 4.78 is 30.2. The van der Waals surface area contributed by atoms with Crippen molar-refractivity contribution < 1.29 is 27.5 Å². The number of carboxylic acid groups (broad SMARTS) is 1. The molecule has 2 aromatic heterocycles. The minimum Gasteiger partial charge on any atom is -0.476 e. The van der Waals surface area contributed by atoms with Crippen LogP contribution in [-0.4, -0.2) is 48.8 Å². The van der Waals surface area contributed by atoms with Crippen LogP contribution in [0.5, 0.6) is 0 Å². The van der Waals surface area contributed by atoms with E-state index in [1.807, 2.05) is 0 Å². The summed E-state index contributed by atoms with van der Waals surface area (Å²) in [5, 5.41) is 12.8. The Hall–Kier alpha value is -2.24. The van der Waals surface area contributed by atoms with Crippen LogP contribution in [0.4, 0.5) is 0 Å². The molecule has 2 heterocycles. The van der Waals surface area contributed by atoms with Crippen molar-refractivity contribution in [3.05, 3.63) is 33.5 Å². The van der Waals surface area contributed by atoms with Crippen LogP contribution in [0.15, 0.2) is 21.0 Å². The average Bonchev–Trinajstić information content (AvgIpc) is 3.11. The minimum absolute atomic E-state index is 0.0250. The van der Waals surface area contributed by atoms with E-state index in [-0.39, 0.29) is 28.7 Å². The topological polar surface area (TPSA) is 130 Å². The number of amides is 1. The molecule has 0 aliphatic carbocycles. The largest absolute Gasteiger partial charge is 0.476 e. The van der Waals surface area contributed by atoms with Crippen LogP contribution < -0.4 is 5.32 Å². The second-order valence-corrected chi connectivity index (χ2v) is 7.96. The number of carbonyl (C=O) groups is 2. The van der Waals surface area contributed by atoms with Gasteiger partial charge in [-0.2, -0.15) is 0 Å². The molecule has 130 valence electrons. The normalized spacial score (nSPS) is 11.7. The summed E-state index contributed by atoms with van der Waals surface area (Å²) >= 11 is 1.10. The Bertz CT molecular complexity index is 881. The van der Waals surface area contributed by atoms with E-state index in [9.17, 15) is 18.0 Å². The van der Waals surface area contributed by atoms with E-state index in [0.29, 0.717) is 5.01 Å². The Labute approximate surface area is 142 Å². The van der Waals surface area contributed by atoms with Crippen molar-refractivity contribution in [2.24, 2.45) is 0 Å². The van der Waals surface area contributed by atoms with Gasteiger partial charge >= 0.3 is 5.97 Å². The fraction of sp³-hybridized carbons (Fsp3) is 0.308. The number of aromatic carboxylic acids is 1. The van der Waals surface area contributed by atoms with Gasteiger partial charge in [-0.1, -0.05) is 0 Å². The number of sulfonamides is 1. The maximum absolute atomic E-state index is 12.2. The van der Waals surface area contributed by atoms with E-state index in [1.54, 1.807) is 0 Å². The van der Waals surface area contributed by atoms with Crippen molar-refractivity contribution in [2.75, 3.05) is 14.1 Å². The molecule has 2 rings (SSSR count). The van der Waals surface area contributed by atoms with Crippen LogP contribution in [0.1, 0.15) is 31.6 Å². The number of aryl methyl sites for hydroxylation is 1. The van der Waals surface area contributed by atoms with Gasteiger partial charge in [-0.25, -0.2) is 22.5 Å². The first-order valence-electron chi connectivity index (χ1n) is 6.61. The minimum atomic E-state index is -3.77. The van der Waals surface area contributed by atoms with Crippen molar-refractivity contribution in [2.45, 2.75) is 18.6 Å². The SMILES string of the molecule is Cc1oc(S(=O)(=O)N(C)C)cc1C(=O)NCc1nc(C(=O)O)cs1. The first-order valence-corrected chi connectivity index (χ1v) is 8.93. The molecule has 2 N–H and O–H groups in total. The third-order valence-corrected chi connectivity index (χ3v) is 5.57. The third kappa shape index (κ3) is 3.63. The highest BCUT2D eigenvalue weighted by Crippen LogP contribution is 2.21. The van der Waals surface area contributed by atoms with Gasteiger partial charge in [-0.15, -0.1) is 11.3 Å². The summed E-state index contributed by atoms with van der Waals surface area (Å²) in [7, 11) is -1.06. The van der Waals surface area contributed by atoms with E-state index in [1.165, 1.54) is 26.4 Å². The fourth-order valence-corrected chi connectivity index (χ4v) is 3.29. The average molecular weight is 373 g/mol. The Morgan fingerprint density at radius 1 is 1.42 bits per heavy atom. The molecule has 0 radical (unpaired) electrons. The number of carboxylic acids is 1. The van der Waals surface area contributed by atoms with Crippen LogP contribution in [0, 0.1) is 6.92 Å². The van der Waals surface area contributed by atoms with Gasteiger partial charge in [-0.05, 0) is 6.92 Å². The lowest BCUT2D eigenvalue weighted by atomic mass is 10.2. The molecule has 0 fully saturated rings. The molecule has 0 saturated heterocycles. The van der Waals surface area contributed by atoms with Crippen molar-refractivity contribution in [3.63, 3.8) is 0 Å². The Kier molecular flexibility index (Phi) is 5.06. The second kappa shape index (κ2) is 6.71. The number of nitrogens with zero attached hydrogens (tertiary/aromatic N) is 2. The molecule has 0 saturated carbocycles.